The van der Waals surface area contributed by atoms with Crippen molar-refractivity contribution in [3.63, 3.8) is 0 Å². The summed E-state index contributed by atoms with van der Waals surface area (Å²) in [7, 11) is 0. The van der Waals surface area contributed by atoms with E-state index >= 15 is 0 Å². The quantitative estimate of drug-likeness (QED) is 0.185. The Bertz CT molecular complexity index is 972. The molecule has 3 rings (SSSR count). The largest absolute Gasteiger partial charge is 0.755 e. The number of benzene rings is 1. The molecule has 0 radical (unpaired) electrons. The normalized spacial score (nSPS) is 12.3. The number of aryl methyl sites for hydroxylation is 2. The highest BCUT2D eigenvalue weighted by molar-refractivity contribution is 7.80. The maximum atomic E-state index is 10.8. The molecule has 192 valence electrons. The zero-order valence-electron chi connectivity index (χ0n) is 20.1. The summed E-state index contributed by atoms with van der Waals surface area (Å²) in [5.41, 5.74) is 14.8. The zero-order chi connectivity index (χ0) is 24.9. The lowest BCUT2D eigenvalue weighted by molar-refractivity contribution is 0.254. The molecule has 0 aliphatic heterocycles. The number of nitrogens with two attached hydrogens (primary N) is 2. The number of imidazole rings is 1. The van der Waals surface area contributed by atoms with Crippen LogP contribution >= 0.6 is 0 Å². The molecule has 0 aliphatic rings. The predicted octanol–water partition coefficient (Wildman–Crippen LogP) is 1.40. The van der Waals surface area contributed by atoms with E-state index in [2.05, 4.69) is 35.7 Å². The van der Waals surface area contributed by atoms with Gasteiger partial charge in [0.15, 0.2) is 0 Å². The molecule has 0 fully saturated rings. The van der Waals surface area contributed by atoms with Crippen LogP contribution in [0.25, 0.3) is 0 Å². The van der Waals surface area contributed by atoms with Crippen molar-refractivity contribution in [1.29, 1.82) is 0 Å². The highest BCUT2D eigenvalue weighted by Crippen LogP contribution is 2.13. The molecule has 11 nitrogen and oxygen atoms in total. The number of aromatic nitrogens is 5. The number of anilines is 1. The molecule has 2 aromatic heterocycles. The lowest BCUT2D eigenvalue weighted by Crippen LogP contribution is -2.25. The van der Waals surface area contributed by atoms with Gasteiger partial charge in [0, 0.05) is 62.1 Å². The van der Waals surface area contributed by atoms with E-state index in [1.807, 2.05) is 29.3 Å². The average Bonchev–Trinajstić information content (AvgIpc) is 3.48. The average molecular weight is 503 g/mol. The molecule has 0 spiro atoms. The van der Waals surface area contributed by atoms with Crippen molar-refractivity contribution in [2.75, 3.05) is 24.4 Å². The van der Waals surface area contributed by atoms with Gasteiger partial charge in [-0.2, -0.15) is 0 Å². The van der Waals surface area contributed by atoms with Gasteiger partial charge in [-0.05, 0) is 62.9 Å². The van der Waals surface area contributed by atoms with Crippen molar-refractivity contribution in [2.45, 2.75) is 58.3 Å². The Hall–Kier alpha value is -2.64. The maximum Gasteiger partial charge on any atom is 0.0967 e. The van der Waals surface area contributed by atoms with Gasteiger partial charge >= 0.3 is 0 Å². The first-order valence-electron chi connectivity index (χ1n) is 12.0. The van der Waals surface area contributed by atoms with Crippen LogP contribution in [-0.4, -0.2) is 57.8 Å². The molecule has 0 bridgehead atoms. The van der Waals surface area contributed by atoms with E-state index in [0.29, 0.717) is 31.9 Å². The van der Waals surface area contributed by atoms with Gasteiger partial charge in [-0.25, -0.2) is 4.98 Å². The van der Waals surface area contributed by atoms with Crippen LogP contribution in [0.1, 0.15) is 42.6 Å². The first-order valence-corrected chi connectivity index (χ1v) is 13.1. The molecule has 0 amide bonds. The van der Waals surface area contributed by atoms with E-state index in [1.165, 1.54) is 0 Å². The summed E-state index contributed by atoms with van der Waals surface area (Å²) in [6.07, 6.45) is 10.8. The molecule has 12 heteroatoms. The SMILES string of the molecule is NCCCCn1cnc(CN(CCc2ccc(NS(=O)[O-])cc2)Cc2cn(CCCCN)nn2)c1. The Morgan fingerprint density at radius 3 is 2.40 bits per heavy atom. The molecule has 0 saturated heterocycles. The number of nitrogens with zero attached hydrogens (tertiary/aromatic N) is 6. The Labute approximate surface area is 209 Å². The third-order valence-corrected chi connectivity index (χ3v) is 6.03. The predicted molar refractivity (Wildman–Crippen MR) is 136 cm³/mol. The molecule has 1 atom stereocenters. The first-order chi connectivity index (χ1) is 17.1. The van der Waals surface area contributed by atoms with Gasteiger partial charge in [-0.3, -0.25) is 13.8 Å². The summed E-state index contributed by atoms with van der Waals surface area (Å²) in [6.45, 7) is 5.25. The van der Waals surface area contributed by atoms with E-state index in [1.54, 1.807) is 12.1 Å². The number of nitrogens with one attached hydrogen (secondary N) is 1. The Balaban J connectivity index is 1.62. The van der Waals surface area contributed by atoms with Crippen molar-refractivity contribution < 1.29 is 8.76 Å². The lowest BCUT2D eigenvalue weighted by atomic mass is 10.1. The van der Waals surface area contributed by atoms with Crippen molar-refractivity contribution in [2.24, 2.45) is 11.5 Å². The van der Waals surface area contributed by atoms with Gasteiger partial charge < -0.3 is 25.3 Å². The van der Waals surface area contributed by atoms with Gasteiger partial charge in [0.05, 0.1) is 17.7 Å². The lowest BCUT2D eigenvalue weighted by Gasteiger charge is -2.20. The van der Waals surface area contributed by atoms with Gasteiger partial charge in [0.1, 0.15) is 0 Å². The smallest absolute Gasteiger partial charge is 0.0967 e. The molecule has 1 aromatic carbocycles. The van der Waals surface area contributed by atoms with Crippen molar-refractivity contribution in [3.8, 4) is 0 Å². The molecule has 1 unspecified atom stereocenters. The van der Waals surface area contributed by atoms with E-state index < -0.39 is 11.3 Å². The Morgan fingerprint density at radius 1 is 0.971 bits per heavy atom. The summed E-state index contributed by atoms with van der Waals surface area (Å²) in [6, 6.07) is 7.41. The molecular formula is C23H36N9O2S-. The van der Waals surface area contributed by atoms with E-state index in [0.717, 1.165) is 68.7 Å². The molecule has 2 heterocycles. The second-order valence-corrected chi connectivity index (χ2v) is 9.24. The monoisotopic (exact) mass is 502 g/mol. The fraction of sp³-hybridized carbons (Fsp3) is 0.522. The Kier molecular flexibility index (Phi) is 11.3. The summed E-state index contributed by atoms with van der Waals surface area (Å²) in [5.74, 6) is 0. The minimum Gasteiger partial charge on any atom is -0.755 e. The number of unbranched alkanes of at least 4 members (excludes halogenated alkanes) is 2. The Morgan fingerprint density at radius 2 is 1.69 bits per heavy atom. The third kappa shape index (κ3) is 9.86. The molecule has 3 aromatic rings. The first kappa shape index (κ1) is 27.0. The number of hydrogen-bond acceptors (Lipinski definition) is 8. The van der Waals surface area contributed by atoms with Crippen LogP contribution in [0.4, 0.5) is 5.69 Å². The van der Waals surface area contributed by atoms with Crippen LogP contribution in [-0.2, 0) is 43.9 Å². The maximum absolute atomic E-state index is 10.8. The molecule has 0 aliphatic carbocycles. The fourth-order valence-electron chi connectivity index (χ4n) is 3.78. The second-order valence-electron chi connectivity index (χ2n) is 8.56. The van der Waals surface area contributed by atoms with Gasteiger partial charge in [0.25, 0.3) is 0 Å². The minimum absolute atomic E-state index is 0.547. The topological polar surface area (TPSA) is 156 Å². The van der Waals surface area contributed by atoms with Gasteiger partial charge in [-0.15, -0.1) is 5.10 Å². The van der Waals surface area contributed by atoms with Crippen LogP contribution in [0.3, 0.4) is 0 Å². The summed E-state index contributed by atoms with van der Waals surface area (Å²) < 4.78 is 28.0. The van der Waals surface area contributed by atoms with Crippen molar-refractivity contribution in [1.82, 2.24) is 29.4 Å². The highest BCUT2D eigenvalue weighted by atomic mass is 32.2. The minimum atomic E-state index is -2.33. The van der Waals surface area contributed by atoms with E-state index in [9.17, 15) is 8.76 Å². The standard InChI is InChI=1S/C23H37N9O2S/c24-10-1-3-12-31-16-22(26-19-31)15-30(17-23-18-32(29-27-23)13-4-2-11-25)14-9-20-5-7-21(8-6-20)28-35(33)34/h5-8,16,18-19,28H,1-4,9-15,17,24-25H2,(H,33,34)/p-1. The molecule has 5 N–H and O–H groups in total. The number of rotatable bonds is 17. The summed E-state index contributed by atoms with van der Waals surface area (Å²) in [5, 5.41) is 8.62. The second kappa shape index (κ2) is 14.7. The van der Waals surface area contributed by atoms with Crippen molar-refractivity contribution in [3.05, 3.63) is 59.9 Å². The van der Waals surface area contributed by atoms with E-state index in [-0.39, 0.29) is 0 Å². The molecular weight excluding hydrogens is 466 g/mol. The zero-order valence-corrected chi connectivity index (χ0v) is 20.9. The van der Waals surface area contributed by atoms with Crippen LogP contribution in [0.15, 0.2) is 43.0 Å². The van der Waals surface area contributed by atoms with Gasteiger partial charge in [-0.1, -0.05) is 17.3 Å². The summed E-state index contributed by atoms with van der Waals surface area (Å²) in [4.78, 5) is 6.90. The third-order valence-electron chi connectivity index (χ3n) is 5.63. The van der Waals surface area contributed by atoms with Crippen LogP contribution in [0.5, 0.6) is 0 Å². The summed E-state index contributed by atoms with van der Waals surface area (Å²) >= 11 is -2.33. The number of hydrogen-bond donors (Lipinski definition) is 3. The van der Waals surface area contributed by atoms with Gasteiger partial charge in [0.2, 0.25) is 0 Å². The highest BCUT2D eigenvalue weighted by Gasteiger charge is 2.12. The van der Waals surface area contributed by atoms with Crippen LogP contribution in [0, 0.1) is 0 Å². The van der Waals surface area contributed by atoms with E-state index in [4.69, 9.17) is 11.5 Å². The fourth-order valence-corrected chi connectivity index (χ4v) is 4.11. The molecule has 0 saturated carbocycles. The molecule has 35 heavy (non-hydrogen) atoms. The van der Waals surface area contributed by atoms with Crippen LogP contribution in [0.2, 0.25) is 0 Å². The van der Waals surface area contributed by atoms with Crippen LogP contribution < -0.4 is 16.2 Å². The van der Waals surface area contributed by atoms with Crippen molar-refractivity contribution >= 4 is 17.0 Å².